The Morgan fingerprint density at radius 3 is 2.79 bits per heavy atom. The van der Waals surface area contributed by atoms with Crippen molar-refractivity contribution in [3.05, 3.63) is 40.4 Å². The largest absolute Gasteiger partial charge is 0.351 e. The lowest BCUT2D eigenvalue weighted by atomic mass is 9.97. The first-order chi connectivity index (χ1) is 13.5. The quantitative estimate of drug-likeness (QED) is 0.443. The maximum absolute atomic E-state index is 12.7. The molecule has 3 aromatic rings. The Balaban J connectivity index is 1.42. The third-order valence-electron chi connectivity index (χ3n) is 5.80. The molecule has 1 aliphatic heterocycles. The Kier molecular flexibility index (Phi) is 5.85. The summed E-state index contributed by atoms with van der Waals surface area (Å²) >= 11 is 7.84. The van der Waals surface area contributed by atoms with Crippen molar-refractivity contribution in [1.29, 1.82) is 0 Å². The van der Waals surface area contributed by atoms with Crippen LogP contribution in [0.4, 0.5) is 0 Å². The van der Waals surface area contributed by atoms with Crippen molar-refractivity contribution < 1.29 is 4.79 Å². The van der Waals surface area contributed by atoms with Gasteiger partial charge in [0.15, 0.2) is 0 Å². The molecule has 3 heterocycles. The lowest BCUT2D eigenvalue weighted by Gasteiger charge is -2.39. The van der Waals surface area contributed by atoms with Gasteiger partial charge in [-0.05, 0) is 45.2 Å². The first-order valence-corrected chi connectivity index (χ1v) is 11.3. The molecule has 1 N–H and O–H groups in total. The fourth-order valence-electron chi connectivity index (χ4n) is 4.25. The molecule has 2 aromatic heterocycles. The van der Waals surface area contributed by atoms with Gasteiger partial charge in [-0.25, -0.2) is 4.98 Å². The van der Waals surface area contributed by atoms with Crippen molar-refractivity contribution in [1.82, 2.24) is 15.2 Å². The standard InChI is InChI=1S/C22H26ClN3OS/c1-14-7-5-8-15(2)26(14)12-6-11-24-22(27)19-13-17-20(28-19)16-9-3-4-10-18(16)25-21(17)23/h3-4,9-10,13-15H,5-8,11-12H2,1-2H3,(H,24,27). The van der Waals surface area contributed by atoms with E-state index in [1.54, 1.807) is 0 Å². The van der Waals surface area contributed by atoms with Crippen molar-refractivity contribution in [2.75, 3.05) is 13.1 Å². The molecule has 0 spiro atoms. The lowest BCUT2D eigenvalue weighted by molar-refractivity contribution is 0.0929. The zero-order chi connectivity index (χ0) is 19.7. The van der Waals surface area contributed by atoms with E-state index in [-0.39, 0.29) is 5.91 Å². The molecule has 0 bridgehead atoms. The summed E-state index contributed by atoms with van der Waals surface area (Å²) in [7, 11) is 0. The van der Waals surface area contributed by atoms with Gasteiger partial charge in [0.05, 0.1) is 10.4 Å². The van der Waals surface area contributed by atoms with E-state index in [2.05, 4.69) is 29.0 Å². The molecular formula is C22H26ClN3OS. The van der Waals surface area contributed by atoms with Gasteiger partial charge in [0.1, 0.15) is 5.15 Å². The van der Waals surface area contributed by atoms with Crippen LogP contribution in [0.15, 0.2) is 30.3 Å². The maximum Gasteiger partial charge on any atom is 0.261 e. The van der Waals surface area contributed by atoms with E-state index in [1.165, 1.54) is 30.6 Å². The van der Waals surface area contributed by atoms with Gasteiger partial charge in [0, 0.05) is 40.6 Å². The number of aromatic nitrogens is 1. The number of para-hydroxylation sites is 1. The molecule has 4 nitrogen and oxygen atoms in total. The molecule has 1 fully saturated rings. The van der Waals surface area contributed by atoms with E-state index in [9.17, 15) is 4.79 Å². The van der Waals surface area contributed by atoms with Gasteiger partial charge in [-0.1, -0.05) is 36.2 Å². The molecule has 28 heavy (non-hydrogen) atoms. The number of hydrogen-bond donors (Lipinski definition) is 1. The van der Waals surface area contributed by atoms with Crippen LogP contribution >= 0.6 is 22.9 Å². The van der Waals surface area contributed by atoms with Crippen molar-refractivity contribution >= 4 is 49.8 Å². The molecule has 148 valence electrons. The SMILES string of the molecule is CC1CCCC(C)N1CCCNC(=O)c1cc2c(Cl)nc3ccccc3c2s1. The Bertz CT molecular complexity index is 992. The van der Waals surface area contributed by atoms with Crippen LogP contribution < -0.4 is 5.32 Å². The van der Waals surface area contributed by atoms with Crippen LogP contribution in [0.5, 0.6) is 0 Å². The second kappa shape index (κ2) is 8.36. The van der Waals surface area contributed by atoms with Crippen LogP contribution in [0.2, 0.25) is 5.15 Å². The fraction of sp³-hybridized carbons (Fsp3) is 0.455. The number of nitrogens with one attached hydrogen (secondary N) is 1. The van der Waals surface area contributed by atoms with Crippen molar-refractivity contribution in [2.24, 2.45) is 0 Å². The van der Waals surface area contributed by atoms with E-state index < -0.39 is 0 Å². The van der Waals surface area contributed by atoms with Crippen molar-refractivity contribution in [3.8, 4) is 0 Å². The molecule has 0 saturated carbocycles. The predicted molar refractivity (Wildman–Crippen MR) is 119 cm³/mol. The Morgan fingerprint density at radius 1 is 1.25 bits per heavy atom. The smallest absolute Gasteiger partial charge is 0.261 e. The number of amides is 1. The molecule has 2 unspecified atom stereocenters. The third-order valence-corrected chi connectivity index (χ3v) is 7.26. The molecule has 6 heteroatoms. The summed E-state index contributed by atoms with van der Waals surface area (Å²) in [4.78, 5) is 20.4. The van der Waals surface area contributed by atoms with Crippen LogP contribution in [0.1, 0.15) is 49.2 Å². The number of rotatable bonds is 5. The van der Waals surface area contributed by atoms with Gasteiger partial charge in [-0.3, -0.25) is 9.69 Å². The van der Waals surface area contributed by atoms with E-state index >= 15 is 0 Å². The molecule has 2 atom stereocenters. The number of fused-ring (bicyclic) bond motifs is 3. The van der Waals surface area contributed by atoms with Gasteiger partial charge in [-0.2, -0.15) is 0 Å². The van der Waals surface area contributed by atoms with Gasteiger partial charge in [0.2, 0.25) is 0 Å². The highest BCUT2D eigenvalue weighted by Crippen LogP contribution is 2.35. The highest BCUT2D eigenvalue weighted by molar-refractivity contribution is 7.21. The number of carbonyl (C=O) groups excluding carboxylic acids is 1. The molecule has 1 aromatic carbocycles. The monoisotopic (exact) mass is 415 g/mol. The number of thiophene rings is 1. The Morgan fingerprint density at radius 2 is 2.00 bits per heavy atom. The summed E-state index contributed by atoms with van der Waals surface area (Å²) in [6.45, 7) is 6.35. The minimum absolute atomic E-state index is 0.0268. The average Bonchev–Trinajstić information content (AvgIpc) is 3.13. The normalized spacial score (nSPS) is 20.7. The number of piperidine rings is 1. The number of benzene rings is 1. The zero-order valence-corrected chi connectivity index (χ0v) is 17.9. The van der Waals surface area contributed by atoms with Crippen LogP contribution in [0, 0.1) is 0 Å². The molecule has 4 rings (SSSR count). The number of pyridine rings is 1. The number of halogens is 1. The second-order valence-corrected chi connectivity index (χ2v) is 9.16. The first-order valence-electron chi connectivity index (χ1n) is 10.1. The van der Waals surface area contributed by atoms with Crippen LogP contribution in [0.25, 0.3) is 21.0 Å². The van der Waals surface area contributed by atoms with Crippen LogP contribution in [-0.2, 0) is 0 Å². The van der Waals surface area contributed by atoms with Gasteiger partial charge >= 0.3 is 0 Å². The van der Waals surface area contributed by atoms with E-state index in [0.29, 0.717) is 28.7 Å². The van der Waals surface area contributed by atoms with E-state index in [1.807, 2.05) is 30.3 Å². The lowest BCUT2D eigenvalue weighted by Crippen LogP contribution is -2.44. The number of likely N-dealkylation sites (tertiary alicyclic amines) is 1. The minimum Gasteiger partial charge on any atom is -0.351 e. The number of carbonyl (C=O) groups is 1. The molecule has 1 saturated heterocycles. The third kappa shape index (κ3) is 3.88. The van der Waals surface area contributed by atoms with Crippen molar-refractivity contribution in [2.45, 2.75) is 51.6 Å². The number of hydrogen-bond acceptors (Lipinski definition) is 4. The summed E-state index contributed by atoms with van der Waals surface area (Å²) in [6, 6.07) is 11.1. The summed E-state index contributed by atoms with van der Waals surface area (Å²) in [5.74, 6) is -0.0268. The highest BCUT2D eigenvalue weighted by Gasteiger charge is 2.24. The minimum atomic E-state index is -0.0268. The van der Waals surface area contributed by atoms with Crippen molar-refractivity contribution in [3.63, 3.8) is 0 Å². The topological polar surface area (TPSA) is 45.2 Å². The molecule has 0 aliphatic carbocycles. The maximum atomic E-state index is 12.7. The average molecular weight is 416 g/mol. The number of nitrogens with zero attached hydrogens (tertiary/aromatic N) is 2. The molecule has 1 aliphatic rings. The summed E-state index contributed by atoms with van der Waals surface area (Å²) in [6.07, 6.45) is 4.85. The summed E-state index contributed by atoms with van der Waals surface area (Å²) in [5.41, 5.74) is 0.860. The van der Waals surface area contributed by atoms with Gasteiger partial charge in [0.25, 0.3) is 5.91 Å². The van der Waals surface area contributed by atoms with Gasteiger partial charge < -0.3 is 5.32 Å². The Hall–Kier alpha value is -1.69. The fourth-order valence-corrected chi connectivity index (χ4v) is 5.66. The molecule has 0 radical (unpaired) electrons. The predicted octanol–water partition coefficient (Wildman–Crippen LogP) is 5.49. The van der Waals surface area contributed by atoms with Crippen LogP contribution in [0.3, 0.4) is 0 Å². The van der Waals surface area contributed by atoms with E-state index in [0.717, 1.165) is 34.0 Å². The highest BCUT2D eigenvalue weighted by atomic mass is 35.5. The molecule has 1 amide bonds. The zero-order valence-electron chi connectivity index (χ0n) is 16.4. The van der Waals surface area contributed by atoms with Crippen LogP contribution in [-0.4, -0.2) is 41.0 Å². The first kappa shape index (κ1) is 19.6. The summed E-state index contributed by atoms with van der Waals surface area (Å²) in [5, 5.41) is 5.43. The van der Waals surface area contributed by atoms with Gasteiger partial charge in [-0.15, -0.1) is 11.3 Å². The molecular weight excluding hydrogens is 390 g/mol. The summed E-state index contributed by atoms with van der Waals surface area (Å²) < 4.78 is 1.02. The Labute approximate surface area is 174 Å². The second-order valence-electron chi connectivity index (χ2n) is 7.75. The van der Waals surface area contributed by atoms with E-state index in [4.69, 9.17) is 11.6 Å².